The lowest BCUT2D eigenvalue weighted by Gasteiger charge is -2.13. The van der Waals surface area contributed by atoms with E-state index in [-0.39, 0.29) is 18.0 Å². The van der Waals surface area contributed by atoms with Gasteiger partial charge in [-0.25, -0.2) is 4.68 Å². The first-order valence-electron chi connectivity index (χ1n) is 11.1. The SMILES string of the molecule is CCOc1ccc(CCNC(=O)Cn2c3ccccc3c3cnn(C)c(=O)c32)cc1OCC. The lowest BCUT2D eigenvalue weighted by molar-refractivity contribution is -0.121. The molecule has 0 bridgehead atoms. The highest BCUT2D eigenvalue weighted by Gasteiger charge is 2.17. The van der Waals surface area contributed by atoms with Crippen molar-refractivity contribution in [3.63, 3.8) is 0 Å². The average Bonchev–Trinajstić information content (AvgIpc) is 3.12. The first kappa shape index (κ1) is 22.4. The summed E-state index contributed by atoms with van der Waals surface area (Å²) in [6.07, 6.45) is 2.33. The number of rotatable bonds is 9. The third-order valence-electron chi connectivity index (χ3n) is 5.51. The first-order valence-corrected chi connectivity index (χ1v) is 11.1. The Balaban J connectivity index is 1.49. The van der Waals surface area contributed by atoms with Gasteiger partial charge in [-0.2, -0.15) is 5.10 Å². The van der Waals surface area contributed by atoms with Crippen molar-refractivity contribution in [3.05, 3.63) is 64.6 Å². The van der Waals surface area contributed by atoms with Gasteiger partial charge in [-0.3, -0.25) is 9.59 Å². The van der Waals surface area contributed by atoms with Crippen LogP contribution in [-0.2, 0) is 24.8 Å². The molecular weight excluding hydrogens is 420 g/mol. The maximum Gasteiger partial charge on any atom is 0.291 e. The second-order valence-corrected chi connectivity index (χ2v) is 7.69. The smallest absolute Gasteiger partial charge is 0.291 e. The van der Waals surface area contributed by atoms with E-state index in [1.54, 1.807) is 17.8 Å². The van der Waals surface area contributed by atoms with Gasteiger partial charge in [-0.05, 0) is 44.0 Å². The van der Waals surface area contributed by atoms with E-state index in [0.717, 1.165) is 27.6 Å². The number of nitrogens with zero attached hydrogens (tertiary/aromatic N) is 3. The van der Waals surface area contributed by atoms with Crippen LogP contribution in [-0.4, -0.2) is 40.0 Å². The standard InChI is InChI=1S/C25H28N4O4/c1-4-32-21-11-10-17(14-22(21)33-5-2)12-13-26-23(30)16-29-20-9-7-6-8-18(20)19-15-27-28(3)25(31)24(19)29/h6-11,14-15H,4-5,12-13,16H2,1-3H3,(H,26,30). The normalized spacial score (nSPS) is 11.1. The zero-order valence-electron chi connectivity index (χ0n) is 19.1. The van der Waals surface area contributed by atoms with Crippen LogP contribution in [0.2, 0.25) is 0 Å². The van der Waals surface area contributed by atoms with Crippen molar-refractivity contribution in [3.8, 4) is 11.5 Å². The minimum Gasteiger partial charge on any atom is -0.490 e. The van der Waals surface area contributed by atoms with Crippen LogP contribution in [0, 0.1) is 0 Å². The van der Waals surface area contributed by atoms with Crippen LogP contribution < -0.4 is 20.3 Å². The van der Waals surface area contributed by atoms with Gasteiger partial charge in [0, 0.05) is 29.9 Å². The summed E-state index contributed by atoms with van der Waals surface area (Å²) in [5.74, 6) is 1.26. The Bertz CT molecular complexity index is 1360. The van der Waals surface area contributed by atoms with Crippen molar-refractivity contribution in [2.45, 2.75) is 26.8 Å². The molecule has 0 saturated carbocycles. The molecule has 2 aromatic heterocycles. The second-order valence-electron chi connectivity index (χ2n) is 7.69. The number of benzene rings is 2. The van der Waals surface area contributed by atoms with Gasteiger partial charge >= 0.3 is 0 Å². The number of amides is 1. The largest absolute Gasteiger partial charge is 0.490 e. The summed E-state index contributed by atoms with van der Waals surface area (Å²) < 4.78 is 14.3. The molecule has 4 rings (SSSR count). The number of aryl methyl sites for hydroxylation is 1. The summed E-state index contributed by atoms with van der Waals surface area (Å²) in [7, 11) is 1.61. The van der Waals surface area contributed by atoms with Gasteiger partial charge in [0.1, 0.15) is 12.1 Å². The molecule has 172 valence electrons. The van der Waals surface area contributed by atoms with Crippen molar-refractivity contribution in [2.75, 3.05) is 19.8 Å². The lowest BCUT2D eigenvalue weighted by Crippen LogP contribution is -2.30. The van der Waals surface area contributed by atoms with Crippen LogP contribution in [0.25, 0.3) is 21.8 Å². The Labute approximate surface area is 191 Å². The van der Waals surface area contributed by atoms with E-state index in [2.05, 4.69) is 10.4 Å². The van der Waals surface area contributed by atoms with Gasteiger partial charge in [0.05, 0.1) is 19.4 Å². The number of aromatic nitrogens is 3. The maximum absolute atomic E-state index is 12.8. The fourth-order valence-corrected chi connectivity index (χ4v) is 4.00. The molecule has 2 heterocycles. The van der Waals surface area contributed by atoms with Gasteiger partial charge in [-0.1, -0.05) is 24.3 Å². The van der Waals surface area contributed by atoms with Crippen LogP contribution in [0.4, 0.5) is 0 Å². The lowest BCUT2D eigenvalue weighted by atomic mass is 10.1. The van der Waals surface area contributed by atoms with Crippen LogP contribution in [0.5, 0.6) is 11.5 Å². The van der Waals surface area contributed by atoms with E-state index in [0.29, 0.717) is 37.4 Å². The zero-order valence-corrected chi connectivity index (χ0v) is 19.1. The zero-order chi connectivity index (χ0) is 23.4. The summed E-state index contributed by atoms with van der Waals surface area (Å²) in [4.78, 5) is 25.6. The highest BCUT2D eigenvalue weighted by Crippen LogP contribution is 2.29. The van der Waals surface area contributed by atoms with Crippen LogP contribution in [0.15, 0.2) is 53.5 Å². The van der Waals surface area contributed by atoms with E-state index in [4.69, 9.17) is 9.47 Å². The molecule has 1 amide bonds. The van der Waals surface area contributed by atoms with Crippen LogP contribution in [0.3, 0.4) is 0 Å². The molecule has 4 aromatic rings. The fraction of sp³-hybridized carbons (Fsp3) is 0.320. The molecule has 2 aromatic carbocycles. The number of carbonyl (C=O) groups excluding carboxylic acids is 1. The number of nitrogens with one attached hydrogen (secondary N) is 1. The number of para-hydroxylation sites is 1. The molecule has 0 aliphatic rings. The Morgan fingerprint density at radius 2 is 1.79 bits per heavy atom. The van der Waals surface area contributed by atoms with Crippen LogP contribution in [0.1, 0.15) is 19.4 Å². The summed E-state index contributed by atoms with van der Waals surface area (Å²) in [6.45, 7) is 5.50. The molecule has 0 spiro atoms. The van der Waals surface area contributed by atoms with E-state index in [1.807, 2.05) is 56.3 Å². The van der Waals surface area contributed by atoms with E-state index < -0.39 is 0 Å². The van der Waals surface area contributed by atoms with Crippen molar-refractivity contribution in [1.82, 2.24) is 19.7 Å². The van der Waals surface area contributed by atoms with Crippen molar-refractivity contribution in [1.29, 1.82) is 0 Å². The molecule has 0 aliphatic carbocycles. The molecule has 0 saturated heterocycles. The van der Waals surface area contributed by atoms with Crippen molar-refractivity contribution >= 4 is 27.7 Å². The molecule has 33 heavy (non-hydrogen) atoms. The molecule has 0 unspecified atom stereocenters. The van der Waals surface area contributed by atoms with Crippen molar-refractivity contribution < 1.29 is 14.3 Å². The Hall–Kier alpha value is -3.81. The van der Waals surface area contributed by atoms with E-state index in [9.17, 15) is 9.59 Å². The quantitative estimate of drug-likeness (QED) is 0.425. The maximum atomic E-state index is 12.8. The van der Waals surface area contributed by atoms with Crippen molar-refractivity contribution in [2.24, 2.45) is 7.05 Å². The minimum atomic E-state index is -0.227. The molecule has 0 radical (unpaired) electrons. The van der Waals surface area contributed by atoms with Crippen LogP contribution >= 0.6 is 0 Å². The number of fused-ring (bicyclic) bond motifs is 3. The monoisotopic (exact) mass is 448 g/mol. The Morgan fingerprint density at radius 3 is 2.58 bits per heavy atom. The molecule has 1 N–H and O–H groups in total. The topological polar surface area (TPSA) is 87.4 Å². The number of carbonyl (C=O) groups is 1. The van der Waals surface area contributed by atoms with Gasteiger partial charge < -0.3 is 19.4 Å². The van der Waals surface area contributed by atoms with Gasteiger partial charge in [0.25, 0.3) is 5.56 Å². The summed E-state index contributed by atoms with van der Waals surface area (Å²) in [6, 6.07) is 13.5. The number of hydrogen-bond acceptors (Lipinski definition) is 5. The first-order chi connectivity index (χ1) is 16.0. The summed E-state index contributed by atoms with van der Waals surface area (Å²) in [5.41, 5.74) is 2.13. The molecule has 8 heteroatoms. The van der Waals surface area contributed by atoms with E-state index >= 15 is 0 Å². The fourth-order valence-electron chi connectivity index (χ4n) is 4.00. The number of hydrogen-bond donors (Lipinski definition) is 1. The Kier molecular flexibility index (Phi) is 6.63. The highest BCUT2D eigenvalue weighted by molar-refractivity contribution is 6.07. The van der Waals surface area contributed by atoms with Gasteiger partial charge in [-0.15, -0.1) is 0 Å². The molecular formula is C25H28N4O4. The molecule has 0 fully saturated rings. The average molecular weight is 449 g/mol. The predicted octanol–water partition coefficient (Wildman–Crippen LogP) is 3.04. The van der Waals surface area contributed by atoms with Gasteiger partial charge in [0.2, 0.25) is 5.91 Å². The number of ether oxygens (including phenoxy) is 2. The van der Waals surface area contributed by atoms with E-state index in [1.165, 1.54) is 4.68 Å². The summed E-state index contributed by atoms with van der Waals surface area (Å²) in [5, 5.41) is 8.76. The molecule has 0 atom stereocenters. The Morgan fingerprint density at radius 1 is 1.03 bits per heavy atom. The molecule has 8 nitrogen and oxygen atoms in total. The third-order valence-corrected chi connectivity index (χ3v) is 5.51. The third kappa shape index (κ3) is 4.55. The predicted molar refractivity (Wildman–Crippen MR) is 128 cm³/mol. The second kappa shape index (κ2) is 9.77. The minimum absolute atomic E-state index is 0.0523. The molecule has 0 aliphatic heterocycles. The summed E-state index contributed by atoms with van der Waals surface area (Å²) >= 11 is 0. The highest BCUT2D eigenvalue weighted by atomic mass is 16.5. The van der Waals surface area contributed by atoms with Gasteiger partial charge in [0.15, 0.2) is 11.5 Å².